The lowest BCUT2D eigenvalue weighted by molar-refractivity contribution is 0.0558. The van der Waals surface area contributed by atoms with Crippen molar-refractivity contribution in [2.45, 2.75) is 44.2 Å². The van der Waals surface area contributed by atoms with Crippen LogP contribution in [0.5, 0.6) is 0 Å². The molecule has 1 fully saturated rings. The van der Waals surface area contributed by atoms with Crippen LogP contribution in [0.15, 0.2) is 18.2 Å². The number of nitrogens with zero attached hydrogens (tertiary/aromatic N) is 1. The second-order valence-corrected chi connectivity index (χ2v) is 5.79. The Morgan fingerprint density at radius 2 is 2.05 bits per heavy atom. The molecule has 1 aliphatic carbocycles. The predicted octanol–water partition coefficient (Wildman–Crippen LogP) is 2.59. The van der Waals surface area contributed by atoms with E-state index in [0.29, 0.717) is 12.2 Å². The summed E-state index contributed by atoms with van der Waals surface area (Å²) in [6, 6.07) is 4.90. The Bertz CT molecular complexity index is 442. The first kappa shape index (κ1) is 14.3. The maximum Gasteiger partial charge on any atom is 0.146 e. The smallest absolute Gasteiger partial charge is 0.146 e. The summed E-state index contributed by atoms with van der Waals surface area (Å²) >= 11 is 0. The lowest BCUT2D eigenvalue weighted by atomic mass is 10.0. The van der Waals surface area contributed by atoms with E-state index in [1.165, 1.54) is 6.07 Å². The minimum atomic E-state index is -0.666. The molecule has 106 valence electrons. The molecular formula is C15H23FN2O. The fourth-order valence-corrected chi connectivity index (χ4v) is 2.83. The van der Waals surface area contributed by atoms with Gasteiger partial charge in [-0.3, -0.25) is 0 Å². The Morgan fingerprint density at radius 3 is 2.58 bits per heavy atom. The zero-order valence-electron chi connectivity index (χ0n) is 11.7. The summed E-state index contributed by atoms with van der Waals surface area (Å²) < 4.78 is 14.1. The molecule has 0 radical (unpaired) electrons. The molecule has 1 aliphatic rings. The molecule has 0 aromatic heterocycles. The van der Waals surface area contributed by atoms with Crippen LogP contribution in [-0.2, 0) is 0 Å². The first-order valence-electron chi connectivity index (χ1n) is 6.90. The maximum absolute atomic E-state index is 14.1. The van der Waals surface area contributed by atoms with Gasteiger partial charge in [0, 0.05) is 19.6 Å². The monoisotopic (exact) mass is 266 g/mol. The second kappa shape index (κ2) is 5.47. The molecule has 0 spiro atoms. The van der Waals surface area contributed by atoms with Crippen LogP contribution in [-0.4, -0.2) is 24.3 Å². The van der Waals surface area contributed by atoms with Crippen molar-refractivity contribution in [3.8, 4) is 0 Å². The number of hydrogen-bond donors (Lipinski definition) is 2. The van der Waals surface area contributed by atoms with E-state index in [9.17, 15) is 9.50 Å². The van der Waals surface area contributed by atoms with E-state index in [0.717, 1.165) is 31.2 Å². The van der Waals surface area contributed by atoms with E-state index in [1.54, 1.807) is 11.0 Å². The van der Waals surface area contributed by atoms with Crippen LogP contribution in [0, 0.1) is 5.82 Å². The highest BCUT2D eigenvalue weighted by molar-refractivity contribution is 5.49. The van der Waals surface area contributed by atoms with Gasteiger partial charge in [0.25, 0.3) is 0 Å². The van der Waals surface area contributed by atoms with Crippen LogP contribution in [0.1, 0.15) is 44.2 Å². The molecule has 0 aliphatic heterocycles. The first-order chi connectivity index (χ1) is 8.91. The minimum absolute atomic E-state index is 0.173. The SMILES string of the molecule is CC(N)c1ccc(N(C)CC2(O)CCCC2)c(F)c1. The van der Waals surface area contributed by atoms with Gasteiger partial charge in [-0.25, -0.2) is 4.39 Å². The average molecular weight is 266 g/mol. The molecule has 1 saturated carbocycles. The van der Waals surface area contributed by atoms with Crippen molar-refractivity contribution in [1.82, 2.24) is 0 Å². The van der Waals surface area contributed by atoms with Gasteiger partial charge in [-0.05, 0) is 37.5 Å². The standard InChI is InChI=1S/C15H23FN2O/c1-11(17)12-5-6-14(13(16)9-12)18(2)10-15(19)7-3-4-8-15/h5-6,9,11,19H,3-4,7-8,10,17H2,1-2H3. The maximum atomic E-state index is 14.1. The fraction of sp³-hybridized carbons (Fsp3) is 0.600. The third-order valence-corrected chi connectivity index (χ3v) is 3.97. The number of rotatable bonds is 4. The summed E-state index contributed by atoms with van der Waals surface area (Å²) in [6.45, 7) is 2.31. The summed E-state index contributed by atoms with van der Waals surface area (Å²) in [7, 11) is 1.82. The summed E-state index contributed by atoms with van der Waals surface area (Å²) in [5.74, 6) is -0.279. The highest BCUT2D eigenvalue weighted by Gasteiger charge is 2.32. The number of nitrogens with two attached hydrogens (primary N) is 1. The van der Waals surface area contributed by atoms with Gasteiger partial charge in [-0.15, -0.1) is 0 Å². The number of halogens is 1. The molecule has 1 atom stereocenters. The van der Waals surface area contributed by atoms with E-state index >= 15 is 0 Å². The van der Waals surface area contributed by atoms with Gasteiger partial charge in [0.1, 0.15) is 5.82 Å². The number of likely N-dealkylation sites (N-methyl/N-ethyl adjacent to an activating group) is 1. The van der Waals surface area contributed by atoms with E-state index in [1.807, 2.05) is 20.0 Å². The molecule has 0 saturated heterocycles. The van der Waals surface area contributed by atoms with E-state index in [4.69, 9.17) is 5.73 Å². The van der Waals surface area contributed by atoms with Crippen LogP contribution in [0.3, 0.4) is 0 Å². The fourth-order valence-electron chi connectivity index (χ4n) is 2.83. The van der Waals surface area contributed by atoms with Gasteiger partial charge in [0.2, 0.25) is 0 Å². The van der Waals surface area contributed by atoms with Crippen LogP contribution < -0.4 is 10.6 Å². The number of hydrogen-bond acceptors (Lipinski definition) is 3. The van der Waals surface area contributed by atoms with Crippen LogP contribution >= 0.6 is 0 Å². The molecule has 0 amide bonds. The molecule has 3 nitrogen and oxygen atoms in total. The summed E-state index contributed by atoms with van der Waals surface area (Å²) in [4.78, 5) is 1.80. The lowest BCUT2D eigenvalue weighted by Crippen LogP contribution is -2.39. The summed E-state index contributed by atoms with van der Waals surface area (Å²) in [5, 5.41) is 10.4. The highest BCUT2D eigenvalue weighted by atomic mass is 19.1. The zero-order chi connectivity index (χ0) is 14.0. The average Bonchev–Trinajstić information content (AvgIpc) is 2.75. The lowest BCUT2D eigenvalue weighted by Gasteiger charge is -2.30. The molecule has 4 heteroatoms. The van der Waals surface area contributed by atoms with Crippen molar-refractivity contribution in [2.24, 2.45) is 5.73 Å². The third-order valence-electron chi connectivity index (χ3n) is 3.97. The normalized spacial score (nSPS) is 19.4. The molecule has 0 bridgehead atoms. The largest absolute Gasteiger partial charge is 0.388 e. The van der Waals surface area contributed by atoms with Gasteiger partial charge < -0.3 is 15.7 Å². The van der Waals surface area contributed by atoms with E-state index in [2.05, 4.69) is 0 Å². The van der Waals surface area contributed by atoms with Gasteiger partial charge >= 0.3 is 0 Å². The minimum Gasteiger partial charge on any atom is -0.388 e. The topological polar surface area (TPSA) is 49.5 Å². The van der Waals surface area contributed by atoms with Gasteiger partial charge in [-0.1, -0.05) is 18.9 Å². The number of benzene rings is 1. The van der Waals surface area contributed by atoms with Crippen molar-refractivity contribution in [1.29, 1.82) is 0 Å². The molecule has 3 N–H and O–H groups in total. The molecule has 2 rings (SSSR count). The number of aliphatic hydroxyl groups is 1. The van der Waals surface area contributed by atoms with Gasteiger partial charge in [0.05, 0.1) is 11.3 Å². The Labute approximate surface area is 114 Å². The Morgan fingerprint density at radius 1 is 1.42 bits per heavy atom. The van der Waals surface area contributed by atoms with Crippen molar-refractivity contribution < 1.29 is 9.50 Å². The molecular weight excluding hydrogens is 243 g/mol. The predicted molar refractivity (Wildman–Crippen MR) is 75.7 cm³/mol. The van der Waals surface area contributed by atoms with Crippen LogP contribution in [0.25, 0.3) is 0 Å². The Balaban J connectivity index is 2.12. The molecule has 1 aromatic carbocycles. The van der Waals surface area contributed by atoms with Gasteiger partial charge in [-0.2, -0.15) is 0 Å². The molecule has 0 heterocycles. The van der Waals surface area contributed by atoms with Crippen molar-refractivity contribution in [3.63, 3.8) is 0 Å². The first-order valence-corrected chi connectivity index (χ1v) is 6.90. The highest BCUT2D eigenvalue weighted by Crippen LogP contribution is 2.32. The molecule has 19 heavy (non-hydrogen) atoms. The molecule has 1 unspecified atom stereocenters. The Kier molecular flexibility index (Phi) is 4.11. The second-order valence-electron chi connectivity index (χ2n) is 5.79. The van der Waals surface area contributed by atoms with Crippen LogP contribution in [0.4, 0.5) is 10.1 Å². The molecule has 1 aromatic rings. The summed E-state index contributed by atoms with van der Waals surface area (Å²) in [5.41, 5.74) is 6.38. The van der Waals surface area contributed by atoms with Crippen molar-refractivity contribution in [3.05, 3.63) is 29.6 Å². The van der Waals surface area contributed by atoms with E-state index < -0.39 is 5.60 Å². The van der Waals surface area contributed by atoms with Crippen molar-refractivity contribution >= 4 is 5.69 Å². The Hall–Kier alpha value is -1.13. The number of anilines is 1. The van der Waals surface area contributed by atoms with E-state index in [-0.39, 0.29) is 11.9 Å². The zero-order valence-corrected chi connectivity index (χ0v) is 11.7. The van der Waals surface area contributed by atoms with Gasteiger partial charge in [0.15, 0.2) is 0 Å². The van der Waals surface area contributed by atoms with Crippen molar-refractivity contribution in [2.75, 3.05) is 18.5 Å². The quantitative estimate of drug-likeness (QED) is 0.880. The van der Waals surface area contributed by atoms with Crippen LogP contribution in [0.2, 0.25) is 0 Å². The summed E-state index contributed by atoms with van der Waals surface area (Å²) in [6.07, 6.45) is 3.71. The third kappa shape index (κ3) is 3.25.